The first-order valence-electron chi connectivity index (χ1n) is 7.48. The largest absolute Gasteiger partial charge is 0.485 e. The average Bonchev–Trinajstić information content (AvgIpc) is 3.11. The van der Waals surface area contributed by atoms with E-state index in [0.29, 0.717) is 11.5 Å². The number of halogens is 2. The van der Waals surface area contributed by atoms with Crippen LogP contribution < -0.4 is 9.47 Å². The second kappa shape index (κ2) is 6.72. The first-order chi connectivity index (χ1) is 12.2. The lowest BCUT2D eigenvalue weighted by atomic mass is 10.2. The van der Waals surface area contributed by atoms with Gasteiger partial charge in [0.1, 0.15) is 6.61 Å². The summed E-state index contributed by atoms with van der Waals surface area (Å²) in [6.07, 6.45) is -0.511. The lowest BCUT2D eigenvalue weighted by Crippen LogP contribution is -2.21. The quantitative estimate of drug-likeness (QED) is 0.650. The number of aromatic nitrogens is 2. The molecule has 1 aromatic heterocycles. The monoisotopic (exact) mass is 362 g/mol. The second-order valence-electron chi connectivity index (χ2n) is 5.27. The summed E-state index contributed by atoms with van der Waals surface area (Å²) in [6, 6.07) is 11.3. The van der Waals surface area contributed by atoms with E-state index >= 15 is 0 Å². The van der Waals surface area contributed by atoms with Gasteiger partial charge in [-0.15, -0.1) is 10.2 Å². The molecule has 5 nitrogen and oxygen atoms in total. The van der Waals surface area contributed by atoms with E-state index < -0.39 is 17.7 Å². The SMILES string of the molecule is Fc1cccc(CSc2nnc(C3COc4ccccc4O3)o2)c1F. The van der Waals surface area contributed by atoms with Crippen LogP contribution in [0.5, 0.6) is 11.5 Å². The van der Waals surface area contributed by atoms with Crippen molar-refractivity contribution >= 4 is 11.8 Å². The fraction of sp³-hybridized carbons (Fsp3) is 0.176. The number of nitrogens with zero attached hydrogens (tertiary/aromatic N) is 2. The van der Waals surface area contributed by atoms with Gasteiger partial charge in [-0.1, -0.05) is 36.0 Å². The molecule has 0 fully saturated rings. The van der Waals surface area contributed by atoms with Gasteiger partial charge in [-0.2, -0.15) is 0 Å². The Balaban J connectivity index is 1.43. The van der Waals surface area contributed by atoms with Gasteiger partial charge in [-0.3, -0.25) is 0 Å². The van der Waals surface area contributed by atoms with Gasteiger partial charge in [0.05, 0.1) is 0 Å². The van der Waals surface area contributed by atoms with E-state index in [1.165, 1.54) is 12.1 Å². The number of para-hydroxylation sites is 2. The van der Waals surface area contributed by atoms with Crippen molar-refractivity contribution in [1.29, 1.82) is 0 Å². The zero-order chi connectivity index (χ0) is 17.2. The predicted molar refractivity (Wildman–Crippen MR) is 85.5 cm³/mol. The molecule has 1 aliphatic rings. The van der Waals surface area contributed by atoms with Gasteiger partial charge in [0.2, 0.25) is 6.10 Å². The van der Waals surface area contributed by atoms with Crippen LogP contribution in [0.15, 0.2) is 52.1 Å². The molecule has 2 heterocycles. The highest BCUT2D eigenvalue weighted by Crippen LogP contribution is 2.36. The van der Waals surface area contributed by atoms with Crippen molar-refractivity contribution in [3.63, 3.8) is 0 Å². The summed E-state index contributed by atoms with van der Waals surface area (Å²) in [4.78, 5) is 0. The van der Waals surface area contributed by atoms with E-state index in [0.717, 1.165) is 17.8 Å². The fourth-order valence-corrected chi connectivity index (χ4v) is 3.09. The van der Waals surface area contributed by atoms with Gasteiger partial charge in [-0.05, 0) is 18.2 Å². The van der Waals surface area contributed by atoms with Gasteiger partial charge in [-0.25, -0.2) is 8.78 Å². The zero-order valence-electron chi connectivity index (χ0n) is 12.8. The first-order valence-corrected chi connectivity index (χ1v) is 8.47. The van der Waals surface area contributed by atoms with Gasteiger partial charge in [0.15, 0.2) is 23.1 Å². The lowest BCUT2D eigenvalue weighted by Gasteiger charge is -2.23. The minimum atomic E-state index is -0.879. The predicted octanol–water partition coefficient (Wildman–Crippen LogP) is 4.15. The van der Waals surface area contributed by atoms with Crippen LogP contribution in [0, 0.1) is 11.6 Å². The summed E-state index contributed by atoms with van der Waals surface area (Å²) in [7, 11) is 0. The minimum absolute atomic E-state index is 0.177. The second-order valence-corrected chi connectivity index (χ2v) is 6.20. The Labute approximate surface area is 146 Å². The van der Waals surface area contributed by atoms with E-state index in [2.05, 4.69) is 10.2 Å². The molecule has 128 valence electrons. The van der Waals surface area contributed by atoms with Crippen LogP contribution in [0.1, 0.15) is 17.6 Å². The van der Waals surface area contributed by atoms with Crippen molar-refractivity contribution in [2.75, 3.05) is 6.61 Å². The van der Waals surface area contributed by atoms with E-state index in [1.807, 2.05) is 18.2 Å². The highest BCUT2D eigenvalue weighted by molar-refractivity contribution is 7.98. The molecule has 0 saturated carbocycles. The zero-order valence-corrected chi connectivity index (χ0v) is 13.6. The Kier molecular flexibility index (Phi) is 4.27. The Morgan fingerprint density at radius 1 is 1.04 bits per heavy atom. The molecular formula is C17H12F2N2O3S. The van der Waals surface area contributed by atoms with Crippen molar-refractivity contribution in [3.05, 3.63) is 65.6 Å². The van der Waals surface area contributed by atoms with Crippen LogP contribution in [0.3, 0.4) is 0 Å². The number of hydrogen-bond donors (Lipinski definition) is 0. The van der Waals surface area contributed by atoms with Crippen LogP contribution in [0.2, 0.25) is 0 Å². The molecular weight excluding hydrogens is 350 g/mol. The molecule has 25 heavy (non-hydrogen) atoms. The number of hydrogen-bond acceptors (Lipinski definition) is 6. The molecule has 1 aliphatic heterocycles. The van der Waals surface area contributed by atoms with Crippen molar-refractivity contribution < 1.29 is 22.7 Å². The van der Waals surface area contributed by atoms with Gasteiger partial charge in [0, 0.05) is 11.3 Å². The maximum absolute atomic E-state index is 13.6. The van der Waals surface area contributed by atoms with Crippen LogP contribution in [0.4, 0.5) is 8.78 Å². The number of ether oxygens (including phenoxy) is 2. The van der Waals surface area contributed by atoms with Crippen LogP contribution in [-0.4, -0.2) is 16.8 Å². The van der Waals surface area contributed by atoms with Gasteiger partial charge >= 0.3 is 0 Å². The van der Waals surface area contributed by atoms with Crippen molar-refractivity contribution in [2.24, 2.45) is 0 Å². The average molecular weight is 362 g/mol. The molecule has 0 N–H and O–H groups in total. The summed E-state index contributed by atoms with van der Waals surface area (Å²) >= 11 is 1.12. The molecule has 1 unspecified atom stereocenters. The number of benzene rings is 2. The third-order valence-electron chi connectivity index (χ3n) is 3.59. The van der Waals surface area contributed by atoms with Crippen LogP contribution >= 0.6 is 11.8 Å². The summed E-state index contributed by atoms with van der Waals surface area (Å²) < 4.78 is 43.8. The highest BCUT2D eigenvalue weighted by Gasteiger charge is 2.27. The third kappa shape index (κ3) is 3.30. The standard InChI is InChI=1S/C17H12F2N2O3S/c18-11-5-3-4-10(15(11)19)9-25-17-21-20-16(24-17)14-8-22-12-6-1-2-7-13(12)23-14/h1-7,14H,8-9H2. The van der Waals surface area contributed by atoms with Crippen molar-refractivity contribution in [1.82, 2.24) is 10.2 Å². The van der Waals surface area contributed by atoms with Gasteiger partial charge in [0.25, 0.3) is 11.1 Å². The number of thioether (sulfide) groups is 1. The van der Waals surface area contributed by atoms with Crippen molar-refractivity contribution in [2.45, 2.75) is 17.1 Å². The Hall–Kier alpha value is -2.61. The Bertz CT molecular complexity index is 903. The fourth-order valence-electron chi connectivity index (χ4n) is 2.35. The maximum Gasteiger partial charge on any atom is 0.277 e. The molecule has 0 amide bonds. The Morgan fingerprint density at radius 3 is 2.76 bits per heavy atom. The molecule has 0 bridgehead atoms. The molecule has 8 heteroatoms. The maximum atomic E-state index is 13.6. The highest BCUT2D eigenvalue weighted by atomic mass is 32.2. The summed E-state index contributed by atoms with van der Waals surface area (Å²) in [5, 5.41) is 8.11. The third-order valence-corrected chi connectivity index (χ3v) is 4.46. The summed E-state index contributed by atoms with van der Waals surface area (Å²) in [5.41, 5.74) is 0.232. The lowest BCUT2D eigenvalue weighted by molar-refractivity contribution is 0.0686. The molecule has 2 aromatic carbocycles. The van der Waals surface area contributed by atoms with Crippen molar-refractivity contribution in [3.8, 4) is 11.5 Å². The molecule has 4 rings (SSSR count). The molecule has 0 spiro atoms. The van der Waals surface area contributed by atoms with E-state index in [4.69, 9.17) is 13.9 Å². The Morgan fingerprint density at radius 2 is 1.88 bits per heavy atom. The smallest absolute Gasteiger partial charge is 0.277 e. The normalized spacial score (nSPS) is 16.0. The van der Waals surface area contributed by atoms with Gasteiger partial charge < -0.3 is 13.9 Å². The molecule has 1 atom stereocenters. The molecule has 0 saturated heterocycles. The van der Waals surface area contributed by atoms with Crippen LogP contribution in [0.25, 0.3) is 0 Å². The molecule has 3 aromatic rings. The first kappa shape index (κ1) is 15.9. The van der Waals surface area contributed by atoms with Crippen LogP contribution in [-0.2, 0) is 5.75 Å². The van der Waals surface area contributed by atoms with E-state index in [-0.39, 0.29) is 29.0 Å². The van der Waals surface area contributed by atoms with E-state index in [9.17, 15) is 8.78 Å². The topological polar surface area (TPSA) is 57.4 Å². The number of rotatable bonds is 4. The summed E-state index contributed by atoms with van der Waals surface area (Å²) in [5.74, 6) is -0.0268. The molecule has 0 aliphatic carbocycles. The molecule has 0 radical (unpaired) electrons. The minimum Gasteiger partial charge on any atom is -0.485 e. The summed E-state index contributed by atoms with van der Waals surface area (Å²) in [6.45, 7) is 0.252. The van der Waals surface area contributed by atoms with E-state index in [1.54, 1.807) is 6.07 Å². The number of fused-ring (bicyclic) bond motifs is 1.